The minimum atomic E-state index is 0.613. The van der Waals surface area contributed by atoms with Crippen LogP contribution < -0.4 is 5.32 Å². The molecule has 0 aliphatic rings. The van der Waals surface area contributed by atoms with Gasteiger partial charge in [0.1, 0.15) is 5.76 Å². The van der Waals surface area contributed by atoms with Gasteiger partial charge in [-0.05, 0) is 33.0 Å². The van der Waals surface area contributed by atoms with Crippen molar-refractivity contribution in [2.24, 2.45) is 0 Å². The van der Waals surface area contributed by atoms with Crippen LogP contribution in [0.5, 0.6) is 0 Å². The van der Waals surface area contributed by atoms with Crippen molar-refractivity contribution in [2.75, 3.05) is 13.6 Å². The SMILES string of the molecule is CCNCc1occc1CN(C)C(C)CC. The zero-order valence-corrected chi connectivity index (χ0v) is 10.9. The molecule has 0 bridgehead atoms. The molecule has 92 valence electrons. The van der Waals surface area contributed by atoms with E-state index < -0.39 is 0 Å². The monoisotopic (exact) mass is 224 g/mol. The second-order valence-corrected chi connectivity index (χ2v) is 4.32. The predicted molar refractivity (Wildman–Crippen MR) is 67.3 cm³/mol. The molecule has 3 heteroatoms. The maximum atomic E-state index is 5.49. The van der Waals surface area contributed by atoms with E-state index in [1.165, 1.54) is 12.0 Å². The molecule has 1 aromatic rings. The van der Waals surface area contributed by atoms with E-state index in [0.29, 0.717) is 6.04 Å². The average Bonchev–Trinajstić information content (AvgIpc) is 2.72. The molecule has 3 nitrogen and oxygen atoms in total. The second-order valence-electron chi connectivity index (χ2n) is 4.32. The van der Waals surface area contributed by atoms with E-state index in [1.54, 1.807) is 6.26 Å². The van der Waals surface area contributed by atoms with Crippen LogP contribution in [0.25, 0.3) is 0 Å². The molecule has 1 heterocycles. The van der Waals surface area contributed by atoms with Crippen LogP contribution in [0.3, 0.4) is 0 Å². The maximum absolute atomic E-state index is 5.49. The molecule has 0 aromatic carbocycles. The van der Waals surface area contributed by atoms with Crippen molar-refractivity contribution in [2.45, 2.75) is 46.3 Å². The largest absolute Gasteiger partial charge is 0.468 e. The fourth-order valence-electron chi connectivity index (χ4n) is 1.64. The van der Waals surface area contributed by atoms with Gasteiger partial charge in [-0.25, -0.2) is 0 Å². The van der Waals surface area contributed by atoms with Crippen LogP contribution >= 0.6 is 0 Å². The lowest BCUT2D eigenvalue weighted by Gasteiger charge is -2.23. The van der Waals surface area contributed by atoms with Crippen molar-refractivity contribution in [3.63, 3.8) is 0 Å². The summed E-state index contributed by atoms with van der Waals surface area (Å²) in [5.41, 5.74) is 1.30. The van der Waals surface area contributed by atoms with E-state index in [2.05, 4.69) is 44.1 Å². The Morgan fingerprint density at radius 1 is 1.44 bits per heavy atom. The molecule has 16 heavy (non-hydrogen) atoms. The molecule has 1 N–H and O–H groups in total. The van der Waals surface area contributed by atoms with Gasteiger partial charge >= 0.3 is 0 Å². The third-order valence-electron chi connectivity index (χ3n) is 3.14. The smallest absolute Gasteiger partial charge is 0.122 e. The van der Waals surface area contributed by atoms with E-state index in [1.807, 2.05) is 0 Å². The number of nitrogens with zero attached hydrogens (tertiary/aromatic N) is 1. The summed E-state index contributed by atoms with van der Waals surface area (Å²) in [5, 5.41) is 3.30. The van der Waals surface area contributed by atoms with Crippen molar-refractivity contribution in [3.05, 3.63) is 23.7 Å². The molecule has 1 aromatic heterocycles. The lowest BCUT2D eigenvalue weighted by molar-refractivity contribution is 0.242. The Morgan fingerprint density at radius 2 is 2.19 bits per heavy atom. The van der Waals surface area contributed by atoms with Crippen molar-refractivity contribution in [1.29, 1.82) is 0 Å². The third-order valence-corrected chi connectivity index (χ3v) is 3.14. The molecule has 1 unspecified atom stereocenters. The molecule has 0 fully saturated rings. The molecule has 0 radical (unpaired) electrons. The second kappa shape index (κ2) is 6.71. The first kappa shape index (κ1) is 13.3. The van der Waals surface area contributed by atoms with E-state index in [0.717, 1.165) is 25.4 Å². The summed E-state index contributed by atoms with van der Waals surface area (Å²) in [6.45, 7) is 9.34. The zero-order valence-electron chi connectivity index (χ0n) is 10.9. The number of rotatable bonds is 7. The van der Waals surface area contributed by atoms with Crippen molar-refractivity contribution >= 4 is 0 Å². The lowest BCUT2D eigenvalue weighted by Crippen LogP contribution is -2.28. The topological polar surface area (TPSA) is 28.4 Å². The Kier molecular flexibility index (Phi) is 5.56. The van der Waals surface area contributed by atoms with Gasteiger partial charge in [0, 0.05) is 18.2 Å². The molecule has 1 rings (SSSR count). The summed E-state index contributed by atoms with van der Waals surface area (Å²) in [5.74, 6) is 1.07. The van der Waals surface area contributed by atoms with Gasteiger partial charge in [0.2, 0.25) is 0 Å². The van der Waals surface area contributed by atoms with Crippen LogP contribution in [0.4, 0.5) is 0 Å². The minimum absolute atomic E-state index is 0.613. The Hall–Kier alpha value is -0.800. The first-order valence-electron chi connectivity index (χ1n) is 6.15. The molecule has 0 saturated carbocycles. The molecule has 0 saturated heterocycles. The molecular weight excluding hydrogens is 200 g/mol. The molecule has 0 amide bonds. The van der Waals surface area contributed by atoms with E-state index in [9.17, 15) is 0 Å². The first-order valence-corrected chi connectivity index (χ1v) is 6.15. The van der Waals surface area contributed by atoms with Crippen LogP contribution in [0, 0.1) is 0 Å². The zero-order chi connectivity index (χ0) is 12.0. The summed E-state index contributed by atoms with van der Waals surface area (Å²) in [7, 11) is 2.16. The highest BCUT2D eigenvalue weighted by Gasteiger charge is 2.11. The van der Waals surface area contributed by atoms with Gasteiger partial charge < -0.3 is 9.73 Å². The van der Waals surface area contributed by atoms with Crippen molar-refractivity contribution in [1.82, 2.24) is 10.2 Å². The fraction of sp³-hybridized carbons (Fsp3) is 0.692. The molecule has 0 spiro atoms. The van der Waals surface area contributed by atoms with Gasteiger partial charge in [-0.2, -0.15) is 0 Å². The number of hydrogen-bond donors (Lipinski definition) is 1. The van der Waals surface area contributed by atoms with Gasteiger partial charge in [-0.3, -0.25) is 4.90 Å². The van der Waals surface area contributed by atoms with Crippen LogP contribution in [0.1, 0.15) is 38.5 Å². The molecule has 0 aliphatic heterocycles. The molecular formula is C13H24N2O. The van der Waals surface area contributed by atoms with E-state index >= 15 is 0 Å². The Balaban J connectivity index is 2.55. The van der Waals surface area contributed by atoms with Gasteiger partial charge in [-0.15, -0.1) is 0 Å². The highest BCUT2D eigenvalue weighted by molar-refractivity contribution is 5.16. The lowest BCUT2D eigenvalue weighted by atomic mass is 10.2. The fourth-order valence-corrected chi connectivity index (χ4v) is 1.64. The summed E-state index contributed by atoms with van der Waals surface area (Å²) >= 11 is 0. The summed E-state index contributed by atoms with van der Waals surface area (Å²) in [6.07, 6.45) is 2.96. The number of furan rings is 1. The first-order chi connectivity index (χ1) is 7.69. The van der Waals surface area contributed by atoms with Crippen molar-refractivity contribution in [3.8, 4) is 0 Å². The van der Waals surface area contributed by atoms with E-state index in [4.69, 9.17) is 4.42 Å². The van der Waals surface area contributed by atoms with E-state index in [-0.39, 0.29) is 0 Å². The molecule has 1 atom stereocenters. The van der Waals surface area contributed by atoms with Gasteiger partial charge in [0.05, 0.1) is 12.8 Å². The standard InChI is InChI=1S/C13H24N2O/c1-5-11(3)15(4)10-12-7-8-16-13(12)9-14-6-2/h7-8,11,14H,5-6,9-10H2,1-4H3. The van der Waals surface area contributed by atoms with Crippen LogP contribution in [-0.2, 0) is 13.1 Å². The van der Waals surface area contributed by atoms with Gasteiger partial charge in [0.25, 0.3) is 0 Å². The van der Waals surface area contributed by atoms with Gasteiger partial charge in [-0.1, -0.05) is 13.8 Å². The highest BCUT2D eigenvalue weighted by atomic mass is 16.3. The van der Waals surface area contributed by atoms with Crippen LogP contribution in [-0.4, -0.2) is 24.5 Å². The Labute approximate surface area is 98.8 Å². The van der Waals surface area contributed by atoms with Crippen molar-refractivity contribution < 1.29 is 4.42 Å². The predicted octanol–water partition coefficient (Wildman–Crippen LogP) is 2.62. The average molecular weight is 224 g/mol. The third kappa shape index (κ3) is 3.65. The number of hydrogen-bond acceptors (Lipinski definition) is 3. The highest BCUT2D eigenvalue weighted by Crippen LogP contribution is 2.14. The Morgan fingerprint density at radius 3 is 2.81 bits per heavy atom. The normalized spacial score (nSPS) is 13.3. The maximum Gasteiger partial charge on any atom is 0.122 e. The summed E-state index contributed by atoms with van der Waals surface area (Å²) in [4.78, 5) is 2.36. The number of nitrogens with one attached hydrogen (secondary N) is 1. The summed E-state index contributed by atoms with van der Waals surface area (Å²) in [6, 6.07) is 2.69. The molecule has 0 aliphatic carbocycles. The summed E-state index contributed by atoms with van der Waals surface area (Å²) < 4.78 is 5.49. The Bertz CT molecular complexity index is 296. The van der Waals surface area contributed by atoms with Crippen LogP contribution in [0.15, 0.2) is 16.7 Å². The quantitative estimate of drug-likeness (QED) is 0.771. The minimum Gasteiger partial charge on any atom is -0.468 e. The van der Waals surface area contributed by atoms with Crippen LogP contribution in [0.2, 0.25) is 0 Å². The van der Waals surface area contributed by atoms with Gasteiger partial charge in [0.15, 0.2) is 0 Å².